The summed E-state index contributed by atoms with van der Waals surface area (Å²) in [6, 6.07) is 6.17. The number of morpholine rings is 1. The summed E-state index contributed by atoms with van der Waals surface area (Å²) in [5.74, 6) is -0.261. The number of nitrogens with one attached hydrogen (secondary N) is 1. The Hall–Kier alpha value is -2.54. The van der Waals surface area contributed by atoms with E-state index in [1.807, 2.05) is 6.92 Å². The fraction of sp³-hybridized carbons (Fsp3) is 0.421. The lowest BCUT2D eigenvalue weighted by Crippen LogP contribution is -2.42. The maximum atomic E-state index is 13.1. The van der Waals surface area contributed by atoms with Gasteiger partial charge in [0, 0.05) is 24.4 Å². The van der Waals surface area contributed by atoms with Crippen molar-refractivity contribution in [2.24, 2.45) is 0 Å². The molecule has 6 nitrogen and oxygen atoms in total. The van der Waals surface area contributed by atoms with Gasteiger partial charge in [0.05, 0.1) is 13.2 Å². The SMILES string of the molecule is Cc1nc(=O)[nH]c(C)c1CCC(=O)N1CCO[C@@H](c2ccc(F)cc2)C1. The summed E-state index contributed by atoms with van der Waals surface area (Å²) in [6.07, 6.45) is 0.622. The first-order valence-electron chi connectivity index (χ1n) is 8.65. The fourth-order valence-corrected chi connectivity index (χ4v) is 3.27. The first-order chi connectivity index (χ1) is 12.4. The van der Waals surface area contributed by atoms with Gasteiger partial charge in [-0.25, -0.2) is 9.18 Å². The van der Waals surface area contributed by atoms with Gasteiger partial charge in [-0.15, -0.1) is 0 Å². The van der Waals surface area contributed by atoms with Crippen LogP contribution in [-0.2, 0) is 16.0 Å². The summed E-state index contributed by atoms with van der Waals surface area (Å²) in [5.41, 5.74) is 2.80. The van der Waals surface area contributed by atoms with Crippen LogP contribution in [-0.4, -0.2) is 40.5 Å². The number of hydrogen-bond donors (Lipinski definition) is 1. The molecule has 138 valence electrons. The van der Waals surface area contributed by atoms with E-state index in [4.69, 9.17) is 4.74 Å². The quantitative estimate of drug-likeness (QED) is 0.907. The summed E-state index contributed by atoms with van der Waals surface area (Å²) < 4.78 is 18.8. The monoisotopic (exact) mass is 359 g/mol. The van der Waals surface area contributed by atoms with Crippen LogP contribution in [0.4, 0.5) is 4.39 Å². The Morgan fingerprint density at radius 3 is 2.77 bits per heavy atom. The number of nitrogens with zero attached hydrogens (tertiary/aromatic N) is 2. The van der Waals surface area contributed by atoms with Crippen LogP contribution in [0.25, 0.3) is 0 Å². The molecule has 1 aliphatic heterocycles. The van der Waals surface area contributed by atoms with Crippen molar-refractivity contribution >= 4 is 5.91 Å². The zero-order valence-corrected chi connectivity index (χ0v) is 14.9. The number of rotatable bonds is 4. The molecule has 0 saturated carbocycles. The van der Waals surface area contributed by atoms with Crippen molar-refractivity contribution in [1.82, 2.24) is 14.9 Å². The molecule has 1 atom stereocenters. The number of aromatic amines is 1. The maximum absolute atomic E-state index is 13.1. The van der Waals surface area contributed by atoms with E-state index in [1.54, 1.807) is 24.0 Å². The molecule has 2 heterocycles. The maximum Gasteiger partial charge on any atom is 0.345 e. The molecule has 3 rings (SSSR count). The molecule has 0 unspecified atom stereocenters. The highest BCUT2D eigenvalue weighted by Gasteiger charge is 2.25. The molecular formula is C19H22FN3O3. The number of carbonyl (C=O) groups is 1. The number of hydrogen-bond acceptors (Lipinski definition) is 4. The van der Waals surface area contributed by atoms with E-state index >= 15 is 0 Å². The number of aromatic nitrogens is 2. The second kappa shape index (κ2) is 7.78. The molecule has 1 aromatic carbocycles. The molecule has 0 spiro atoms. The average molecular weight is 359 g/mol. The van der Waals surface area contributed by atoms with Crippen LogP contribution in [0.2, 0.25) is 0 Å². The van der Waals surface area contributed by atoms with Crippen LogP contribution in [0.15, 0.2) is 29.1 Å². The first kappa shape index (κ1) is 18.3. The lowest BCUT2D eigenvalue weighted by Gasteiger charge is -2.33. The molecule has 0 bridgehead atoms. The smallest absolute Gasteiger partial charge is 0.345 e. The third kappa shape index (κ3) is 4.16. The normalized spacial score (nSPS) is 17.3. The van der Waals surface area contributed by atoms with Crippen molar-refractivity contribution < 1.29 is 13.9 Å². The Morgan fingerprint density at radius 2 is 2.08 bits per heavy atom. The van der Waals surface area contributed by atoms with Crippen LogP contribution in [0.5, 0.6) is 0 Å². The molecule has 2 aromatic rings. The average Bonchev–Trinajstić information content (AvgIpc) is 2.61. The number of amides is 1. The lowest BCUT2D eigenvalue weighted by atomic mass is 10.0. The van der Waals surface area contributed by atoms with Crippen LogP contribution in [0.3, 0.4) is 0 Å². The number of aryl methyl sites for hydroxylation is 2. The summed E-state index contributed by atoms with van der Waals surface area (Å²) in [4.78, 5) is 32.3. The van der Waals surface area contributed by atoms with E-state index in [1.165, 1.54) is 12.1 Å². The summed E-state index contributed by atoms with van der Waals surface area (Å²) in [6.45, 7) is 5.03. The van der Waals surface area contributed by atoms with Crippen LogP contribution in [0.1, 0.15) is 35.0 Å². The van der Waals surface area contributed by atoms with Gasteiger partial charge in [-0.2, -0.15) is 4.98 Å². The Kier molecular flexibility index (Phi) is 5.46. The Balaban J connectivity index is 1.63. The highest BCUT2D eigenvalue weighted by Crippen LogP contribution is 2.23. The number of H-pyrrole nitrogens is 1. The largest absolute Gasteiger partial charge is 0.370 e. The van der Waals surface area contributed by atoms with Crippen molar-refractivity contribution in [3.05, 3.63) is 63.1 Å². The van der Waals surface area contributed by atoms with Crippen LogP contribution >= 0.6 is 0 Å². The fourth-order valence-electron chi connectivity index (χ4n) is 3.27. The Labute approximate surface area is 151 Å². The second-order valence-electron chi connectivity index (χ2n) is 6.48. The highest BCUT2D eigenvalue weighted by atomic mass is 19.1. The van der Waals surface area contributed by atoms with Crippen molar-refractivity contribution in [3.8, 4) is 0 Å². The molecule has 1 amide bonds. The topological polar surface area (TPSA) is 75.3 Å². The van der Waals surface area contributed by atoms with Gasteiger partial charge in [0.25, 0.3) is 0 Å². The molecule has 1 N–H and O–H groups in total. The number of halogens is 1. The predicted octanol–water partition coefficient (Wildman–Crippen LogP) is 2.06. The van der Waals surface area contributed by atoms with Gasteiger partial charge in [0.1, 0.15) is 11.9 Å². The van der Waals surface area contributed by atoms with E-state index < -0.39 is 0 Å². The predicted molar refractivity (Wildman–Crippen MR) is 94.3 cm³/mol. The molecule has 7 heteroatoms. The Bertz CT molecular complexity index is 822. The van der Waals surface area contributed by atoms with E-state index in [2.05, 4.69) is 9.97 Å². The first-order valence-corrected chi connectivity index (χ1v) is 8.65. The zero-order valence-electron chi connectivity index (χ0n) is 14.9. The molecular weight excluding hydrogens is 337 g/mol. The molecule has 1 fully saturated rings. The molecule has 1 saturated heterocycles. The van der Waals surface area contributed by atoms with Gasteiger partial charge in [-0.05, 0) is 43.5 Å². The molecule has 1 aromatic heterocycles. The molecule has 26 heavy (non-hydrogen) atoms. The highest BCUT2D eigenvalue weighted by molar-refractivity contribution is 5.76. The standard InChI is InChI=1S/C19H22FN3O3/c1-12-16(13(2)22-19(25)21-12)7-8-18(24)23-9-10-26-17(11-23)14-3-5-15(20)6-4-14/h3-6,17H,7-11H2,1-2H3,(H,21,22,25)/t17-/m1/s1. The number of benzene rings is 1. The summed E-state index contributed by atoms with van der Waals surface area (Å²) >= 11 is 0. The van der Waals surface area contributed by atoms with Gasteiger partial charge in [-0.1, -0.05) is 12.1 Å². The molecule has 0 radical (unpaired) electrons. The third-order valence-corrected chi connectivity index (χ3v) is 4.70. The van der Waals surface area contributed by atoms with Gasteiger partial charge in [-0.3, -0.25) is 4.79 Å². The van der Waals surface area contributed by atoms with Crippen molar-refractivity contribution in [2.45, 2.75) is 32.8 Å². The number of carbonyl (C=O) groups excluding carboxylic acids is 1. The van der Waals surface area contributed by atoms with Crippen molar-refractivity contribution in [1.29, 1.82) is 0 Å². The van der Waals surface area contributed by atoms with Gasteiger partial charge in [0.2, 0.25) is 5.91 Å². The third-order valence-electron chi connectivity index (χ3n) is 4.70. The van der Waals surface area contributed by atoms with E-state index in [0.29, 0.717) is 38.2 Å². The van der Waals surface area contributed by atoms with Gasteiger partial charge < -0.3 is 14.6 Å². The van der Waals surface area contributed by atoms with Crippen molar-refractivity contribution in [2.75, 3.05) is 19.7 Å². The molecule has 0 aliphatic carbocycles. The zero-order chi connectivity index (χ0) is 18.7. The number of ether oxygens (including phenoxy) is 1. The van der Waals surface area contributed by atoms with Gasteiger partial charge in [0.15, 0.2) is 0 Å². The van der Waals surface area contributed by atoms with E-state index in [9.17, 15) is 14.0 Å². The second-order valence-corrected chi connectivity index (χ2v) is 6.48. The van der Waals surface area contributed by atoms with E-state index in [-0.39, 0.29) is 23.5 Å². The summed E-state index contributed by atoms with van der Waals surface area (Å²) in [5, 5.41) is 0. The summed E-state index contributed by atoms with van der Waals surface area (Å²) in [7, 11) is 0. The van der Waals surface area contributed by atoms with Crippen LogP contribution in [0, 0.1) is 19.7 Å². The Morgan fingerprint density at radius 1 is 1.35 bits per heavy atom. The van der Waals surface area contributed by atoms with Gasteiger partial charge >= 0.3 is 5.69 Å². The molecule has 1 aliphatic rings. The minimum Gasteiger partial charge on any atom is -0.370 e. The lowest BCUT2D eigenvalue weighted by molar-refractivity contribution is -0.139. The van der Waals surface area contributed by atoms with Crippen LogP contribution < -0.4 is 5.69 Å². The van der Waals surface area contributed by atoms with Crippen molar-refractivity contribution in [3.63, 3.8) is 0 Å². The van der Waals surface area contributed by atoms with E-state index in [0.717, 1.165) is 16.8 Å². The minimum absolute atomic E-state index is 0.0328. The minimum atomic E-state index is -0.370.